The second-order valence-electron chi connectivity index (χ2n) is 6.08. The summed E-state index contributed by atoms with van der Waals surface area (Å²) in [5.41, 5.74) is 2.52. The van der Waals surface area contributed by atoms with Crippen LogP contribution in [0.25, 0.3) is 0 Å². The van der Waals surface area contributed by atoms with Crippen molar-refractivity contribution in [3.63, 3.8) is 0 Å². The van der Waals surface area contributed by atoms with Gasteiger partial charge in [-0.3, -0.25) is 4.90 Å². The summed E-state index contributed by atoms with van der Waals surface area (Å²) in [7, 11) is 0. The van der Waals surface area contributed by atoms with Crippen LogP contribution in [-0.4, -0.2) is 28.6 Å². The fraction of sp³-hybridized carbons (Fsp3) is 0.647. The average molecular weight is 261 g/mol. The highest BCUT2D eigenvalue weighted by molar-refractivity contribution is 5.44. The molecule has 1 aromatic carbocycles. The van der Waals surface area contributed by atoms with E-state index >= 15 is 0 Å². The summed E-state index contributed by atoms with van der Waals surface area (Å²) >= 11 is 0. The van der Waals surface area contributed by atoms with Crippen LogP contribution in [0.1, 0.15) is 57.6 Å². The number of rotatable bonds is 4. The fourth-order valence-corrected chi connectivity index (χ4v) is 3.61. The lowest BCUT2D eigenvalue weighted by Crippen LogP contribution is -2.45. The summed E-state index contributed by atoms with van der Waals surface area (Å²) < 4.78 is 0. The molecule has 106 valence electrons. The van der Waals surface area contributed by atoms with E-state index in [9.17, 15) is 5.11 Å². The van der Waals surface area contributed by atoms with E-state index in [0.29, 0.717) is 23.8 Å². The second-order valence-corrected chi connectivity index (χ2v) is 6.08. The minimum atomic E-state index is 0.416. The molecule has 0 bridgehead atoms. The van der Waals surface area contributed by atoms with Crippen molar-refractivity contribution in [2.75, 3.05) is 6.54 Å². The Balaban J connectivity index is 2.29. The van der Waals surface area contributed by atoms with Crippen molar-refractivity contribution < 1.29 is 5.11 Å². The number of fused-ring (bicyclic) bond motifs is 1. The van der Waals surface area contributed by atoms with Crippen molar-refractivity contribution in [1.82, 2.24) is 4.90 Å². The highest BCUT2D eigenvalue weighted by Gasteiger charge is 2.32. The topological polar surface area (TPSA) is 23.5 Å². The highest BCUT2D eigenvalue weighted by Crippen LogP contribution is 2.39. The highest BCUT2D eigenvalue weighted by atomic mass is 16.3. The van der Waals surface area contributed by atoms with E-state index in [4.69, 9.17) is 0 Å². The first-order valence-corrected chi connectivity index (χ1v) is 7.62. The molecule has 0 radical (unpaired) electrons. The molecule has 0 aromatic heterocycles. The standard InChI is InChI=1S/C17H27NO/c1-5-11-18(12(2)3)15-10-9-14-7-6-8-16(19)17(14)13(15)4/h6-8,12-13,15,19H,5,9-11H2,1-4H3/t13-,15-/m0/s1. The van der Waals surface area contributed by atoms with Crippen LogP contribution in [0.3, 0.4) is 0 Å². The van der Waals surface area contributed by atoms with Gasteiger partial charge in [0.15, 0.2) is 0 Å². The van der Waals surface area contributed by atoms with E-state index in [-0.39, 0.29) is 0 Å². The molecular formula is C17H27NO. The van der Waals surface area contributed by atoms with Crippen LogP contribution in [0, 0.1) is 0 Å². The Morgan fingerprint density at radius 2 is 2.11 bits per heavy atom. The molecule has 1 N–H and O–H groups in total. The summed E-state index contributed by atoms with van der Waals surface area (Å²) in [6.07, 6.45) is 3.48. The Labute approximate surface area is 117 Å². The summed E-state index contributed by atoms with van der Waals surface area (Å²) in [5.74, 6) is 0.897. The van der Waals surface area contributed by atoms with Crippen LogP contribution in [0.4, 0.5) is 0 Å². The molecule has 0 spiro atoms. The lowest BCUT2D eigenvalue weighted by Gasteiger charge is -2.42. The molecule has 1 aromatic rings. The third kappa shape index (κ3) is 2.79. The first kappa shape index (κ1) is 14.4. The number of hydrogen-bond donors (Lipinski definition) is 1. The van der Waals surface area contributed by atoms with Crippen molar-refractivity contribution in [3.05, 3.63) is 29.3 Å². The predicted octanol–water partition coefficient (Wildman–Crippen LogP) is 3.93. The Hall–Kier alpha value is -1.02. The van der Waals surface area contributed by atoms with Crippen molar-refractivity contribution >= 4 is 0 Å². The molecule has 2 rings (SSSR count). The lowest BCUT2D eigenvalue weighted by molar-refractivity contribution is 0.121. The molecule has 1 aliphatic carbocycles. The van der Waals surface area contributed by atoms with Crippen LogP contribution in [-0.2, 0) is 6.42 Å². The first-order valence-electron chi connectivity index (χ1n) is 7.62. The zero-order valence-corrected chi connectivity index (χ0v) is 12.7. The molecule has 0 fully saturated rings. The Bertz CT molecular complexity index is 427. The first-order chi connectivity index (χ1) is 9.06. The van der Waals surface area contributed by atoms with Gasteiger partial charge in [0.1, 0.15) is 5.75 Å². The predicted molar refractivity (Wildman–Crippen MR) is 80.8 cm³/mol. The summed E-state index contributed by atoms with van der Waals surface area (Å²) in [4.78, 5) is 2.61. The molecule has 0 aliphatic heterocycles. The lowest BCUT2D eigenvalue weighted by atomic mass is 9.78. The third-order valence-electron chi connectivity index (χ3n) is 4.49. The monoisotopic (exact) mass is 261 g/mol. The maximum absolute atomic E-state index is 10.2. The molecule has 0 saturated heterocycles. The van der Waals surface area contributed by atoms with Gasteiger partial charge in [-0.05, 0) is 51.3 Å². The van der Waals surface area contributed by atoms with Gasteiger partial charge in [0.05, 0.1) is 0 Å². The molecule has 1 aliphatic rings. The molecule has 0 saturated carbocycles. The zero-order valence-electron chi connectivity index (χ0n) is 12.7. The summed E-state index contributed by atoms with van der Waals surface area (Å²) in [5, 5.41) is 10.2. The van der Waals surface area contributed by atoms with E-state index in [2.05, 4.69) is 38.7 Å². The van der Waals surface area contributed by atoms with Crippen molar-refractivity contribution in [3.8, 4) is 5.75 Å². The normalized spacial score (nSPS) is 22.8. The number of aromatic hydroxyl groups is 1. The minimum Gasteiger partial charge on any atom is -0.508 e. The number of phenolic OH excluding ortho intramolecular Hbond substituents is 1. The van der Waals surface area contributed by atoms with Gasteiger partial charge in [0.2, 0.25) is 0 Å². The Morgan fingerprint density at radius 3 is 2.74 bits per heavy atom. The van der Waals surface area contributed by atoms with E-state index in [1.807, 2.05) is 12.1 Å². The number of hydrogen-bond acceptors (Lipinski definition) is 2. The molecule has 2 atom stereocenters. The Kier molecular flexibility index (Phi) is 4.51. The zero-order chi connectivity index (χ0) is 14.0. The number of benzene rings is 1. The second kappa shape index (κ2) is 5.96. The van der Waals surface area contributed by atoms with Gasteiger partial charge >= 0.3 is 0 Å². The molecule has 2 nitrogen and oxygen atoms in total. The van der Waals surface area contributed by atoms with Crippen LogP contribution >= 0.6 is 0 Å². The van der Waals surface area contributed by atoms with E-state index in [1.54, 1.807) is 0 Å². The van der Waals surface area contributed by atoms with E-state index in [1.165, 1.54) is 24.0 Å². The average Bonchev–Trinajstić information content (AvgIpc) is 2.37. The number of phenols is 1. The molecule has 2 heteroatoms. The largest absolute Gasteiger partial charge is 0.508 e. The molecular weight excluding hydrogens is 234 g/mol. The maximum Gasteiger partial charge on any atom is 0.119 e. The van der Waals surface area contributed by atoms with Crippen molar-refractivity contribution in [2.24, 2.45) is 0 Å². The maximum atomic E-state index is 10.2. The van der Waals surface area contributed by atoms with E-state index in [0.717, 1.165) is 13.0 Å². The van der Waals surface area contributed by atoms with Gasteiger partial charge in [0, 0.05) is 23.6 Å². The van der Waals surface area contributed by atoms with Gasteiger partial charge in [-0.1, -0.05) is 26.0 Å². The van der Waals surface area contributed by atoms with E-state index < -0.39 is 0 Å². The quantitative estimate of drug-likeness (QED) is 0.887. The smallest absolute Gasteiger partial charge is 0.119 e. The number of aryl methyl sites for hydroxylation is 1. The van der Waals surface area contributed by atoms with Crippen LogP contribution in [0.15, 0.2) is 18.2 Å². The molecule has 0 unspecified atom stereocenters. The van der Waals surface area contributed by atoms with Crippen molar-refractivity contribution in [2.45, 2.75) is 65.0 Å². The van der Waals surface area contributed by atoms with Crippen LogP contribution in [0.2, 0.25) is 0 Å². The number of nitrogens with zero attached hydrogens (tertiary/aromatic N) is 1. The van der Waals surface area contributed by atoms with Crippen LogP contribution < -0.4 is 0 Å². The summed E-state index contributed by atoms with van der Waals surface area (Å²) in [6, 6.07) is 7.09. The van der Waals surface area contributed by atoms with Gasteiger partial charge in [-0.25, -0.2) is 0 Å². The fourth-order valence-electron chi connectivity index (χ4n) is 3.61. The minimum absolute atomic E-state index is 0.416. The van der Waals surface area contributed by atoms with Gasteiger partial charge in [-0.15, -0.1) is 0 Å². The van der Waals surface area contributed by atoms with Gasteiger partial charge < -0.3 is 5.11 Å². The third-order valence-corrected chi connectivity index (χ3v) is 4.49. The molecule has 0 heterocycles. The van der Waals surface area contributed by atoms with Crippen molar-refractivity contribution in [1.29, 1.82) is 0 Å². The van der Waals surface area contributed by atoms with Gasteiger partial charge in [0.25, 0.3) is 0 Å². The summed E-state index contributed by atoms with van der Waals surface area (Å²) in [6.45, 7) is 10.2. The van der Waals surface area contributed by atoms with Crippen LogP contribution in [0.5, 0.6) is 5.75 Å². The Morgan fingerprint density at radius 1 is 1.37 bits per heavy atom. The SMILES string of the molecule is CCCN(C(C)C)[C@H]1CCc2cccc(O)c2[C@H]1C. The molecule has 0 amide bonds. The molecule has 19 heavy (non-hydrogen) atoms. The van der Waals surface area contributed by atoms with Gasteiger partial charge in [-0.2, -0.15) is 0 Å².